The fourth-order valence-corrected chi connectivity index (χ4v) is 5.46. The van der Waals surface area contributed by atoms with E-state index in [1.165, 1.54) is 16.7 Å². The molecular weight excluding hydrogens is 380 g/mol. The second-order valence-corrected chi connectivity index (χ2v) is 8.38. The number of hydrogen-bond acceptors (Lipinski definition) is 6. The molecule has 0 spiro atoms. The standard InChI is InChI=1S/C19H22N4O4S/c1-9-14-13(10(2)24)18(25)23(14)15(19(26)27)16(9)28-8-6-11-17(20)22-7-4-3-5-12(22)21-11/h3-5,7,9-10,13-14,24H,6,8,20H2,1-2H3,(H,26,27)/t9-,10-,13-,14-/m1/s1. The molecule has 1 fully saturated rings. The van der Waals surface area contributed by atoms with Crippen LogP contribution in [0.5, 0.6) is 0 Å². The van der Waals surface area contributed by atoms with Gasteiger partial charge in [-0.15, -0.1) is 11.8 Å². The molecule has 4 rings (SSSR count). The number of anilines is 1. The van der Waals surface area contributed by atoms with Crippen LogP contribution in [0.25, 0.3) is 5.65 Å². The van der Waals surface area contributed by atoms with E-state index in [9.17, 15) is 19.8 Å². The van der Waals surface area contributed by atoms with Gasteiger partial charge < -0.3 is 20.8 Å². The summed E-state index contributed by atoms with van der Waals surface area (Å²) >= 11 is 1.42. The number of β-lactam (4-membered cyclic amide) rings is 1. The van der Waals surface area contributed by atoms with Crippen LogP contribution in [0.2, 0.25) is 0 Å². The van der Waals surface area contributed by atoms with Crippen molar-refractivity contribution in [3.63, 3.8) is 0 Å². The van der Waals surface area contributed by atoms with E-state index in [1.54, 1.807) is 6.92 Å². The number of nitrogen functional groups attached to an aromatic ring is 1. The number of aliphatic carboxylic acids is 1. The van der Waals surface area contributed by atoms with Gasteiger partial charge in [0.25, 0.3) is 0 Å². The van der Waals surface area contributed by atoms with Crippen LogP contribution in [0, 0.1) is 11.8 Å². The van der Waals surface area contributed by atoms with Gasteiger partial charge in [0, 0.05) is 29.2 Å². The molecule has 0 unspecified atom stereocenters. The Labute approximate surface area is 166 Å². The fourth-order valence-electron chi connectivity index (χ4n) is 4.22. The maximum Gasteiger partial charge on any atom is 0.353 e. The molecule has 2 aliphatic heterocycles. The van der Waals surface area contributed by atoms with Gasteiger partial charge in [0.1, 0.15) is 17.2 Å². The molecule has 0 radical (unpaired) electrons. The lowest BCUT2D eigenvalue weighted by atomic mass is 9.79. The smallest absolute Gasteiger partial charge is 0.353 e. The number of nitrogens with zero attached hydrogens (tertiary/aromatic N) is 3. The molecule has 0 saturated carbocycles. The third-order valence-electron chi connectivity index (χ3n) is 5.55. The first kappa shape index (κ1) is 18.8. The highest BCUT2D eigenvalue weighted by Crippen LogP contribution is 2.50. The number of carbonyl (C=O) groups is 2. The van der Waals surface area contributed by atoms with Gasteiger partial charge in [-0.1, -0.05) is 13.0 Å². The van der Waals surface area contributed by atoms with Gasteiger partial charge in [-0.25, -0.2) is 9.78 Å². The number of nitrogens with two attached hydrogens (primary N) is 1. The van der Waals surface area contributed by atoms with E-state index in [4.69, 9.17) is 5.73 Å². The number of aryl methyl sites for hydroxylation is 1. The van der Waals surface area contributed by atoms with E-state index in [0.717, 1.165) is 11.3 Å². The van der Waals surface area contributed by atoms with Gasteiger partial charge in [-0.3, -0.25) is 9.20 Å². The lowest BCUT2D eigenvalue weighted by Crippen LogP contribution is -2.63. The van der Waals surface area contributed by atoms with E-state index in [1.807, 2.05) is 35.7 Å². The van der Waals surface area contributed by atoms with Crippen molar-refractivity contribution in [3.05, 3.63) is 40.7 Å². The molecule has 1 saturated heterocycles. The number of aliphatic hydroxyl groups excluding tert-OH is 1. The van der Waals surface area contributed by atoms with E-state index in [0.29, 0.717) is 22.9 Å². The van der Waals surface area contributed by atoms with Crippen molar-refractivity contribution in [2.24, 2.45) is 11.8 Å². The quantitative estimate of drug-likeness (QED) is 0.624. The summed E-state index contributed by atoms with van der Waals surface area (Å²) < 4.78 is 1.82. The van der Waals surface area contributed by atoms with Crippen LogP contribution in [-0.4, -0.2) is 54.3 Å². The van der Waals surface area contributed by atoms with Crippen LogP contribution >= 0.6 is 11.8 Å². The molecule has 2 aromatic heterocycles. The van der Waals surface area contributed by atoms with Crippen molar-refractivity contribution >= 4 is 35.1 Å². The molecule has 4 heterocycles. The summed E-state index contributed by atoms with van der Waals surface area (Å²) in [7, 11) is 0. The lowest BCUT2D eigenvalue weighted by Gasteiger charge is -2.46. The molecule has 9 heteroatoms. The highest BCUT2D eigenvalue weighted by molar-refractivity contribution is 8.03. The largest absolute Gasteiger partial charge is 0.477 e. The number of imidazole rings is 1. The van der Waals surface area contributed by atoms with Gasteiger partial charge >= 0.3 is 5.97 Å². The van der Waals surface area contributed by atoms with Crippen LogP contribution in [0.4, 0.5) is 5.82 Å². The maximum atomic E-state index is 12.4. The van der Waals surface area contributed by atoms with Gasteiger partial charge in [-0.05, 0) is 19.1 Å². The average molecular weight is 402 g/mol. The monoisotopic (exact) mass is 402 g/mol. The Morgan fingerprint density at radius 2 is 2.18 bits per heavy atom. The second-order valence-electron chi connectivity index (χ2n) is 7.24. The van der Waals surface area contributed by atoms with Crippen LogP contribution in [0.3, 0.4) is 0 Å². The van der Waals surface area contributed by atoms with Crippen molar-refractivity contribution in [1.82, 2.24) is 14.3 Å². The van der Waals surface area contributed by atoms with E-state index in [2.05, 4.69) is 4.98 Å². The zero-order valence-electron chi connectivity index (χ0n) is 15.6. The van der Waals surface area contributed by atoms with Crippen molar-refractivity contribution < 1.29 is 19.8 Å². The number of amides is 1. The molecule has 0 aliphatic carbocycles. The predicted octanol–water partition coefficient (Wildman–Crippen LogP) is 1.35. The van der Waals surface area contributed by atoms with Gasteiger partial charge in [0.05, 0.1) is 23.8 Å². The molecule has 0 aromatic carbocycles. The summed E-state index contributed by atoms with van der Waals surface area (Å²) in [6.07, 6.45) is 1.64. The summed E-state index contributed by atoms with van der Waals surface area (Å²) in [4.78, 5) is 30.7. The Hall–Kier alpha value is -2.52. The zero-order valence-corrected chi connectivity index (χ0v) is 16.4. The number of aliphatic hydroxyl groups is 1. The molecule has 0 bridgehead atoms. The Bertz CT molecular complexity index is 999. The average Bonchev–Trinajstić information content (AvgIpc) is 3.08. The summed E-state index contributed by atoms with van der Waals surface area (Å²) in [5.41, 5.74) is 7.75. The minimum absolute atomic E-state index is 0.0485. The SMILES string of the molecule is C[C@@H](O)[C@H]1C(=O)N2C(C(=O)O)=C(SCCc3nc4ccccn4c3N)[C@H](C)[C@H]12. The fraction of sp³-hybridized carbons (Fsp3) is 0.421. The lowest BCUT2D eigenvalue weighted by molar-refractivity contribution is -0.163. The summed E-state index contributed by atoms with van der Waals surface area (Å²) in [5, 5.41) is 19.6. The first-order valence-corrected chi connectivity index (χ1v) is 10.1. The van der Waals surface area contributed by atoms with Crippen molar-refractivity contribution in [3.8, 4) is 0 Å². The number of thioether (sulfide) groups is 1. The highest BCUT2D eigenvalue weighted by atomic mass is 32.2. The Kier molecular flexibility index (Phi) is 4.59. The number of carboxylic acids is 1. The first-order valence-electron chi connectivity index (χ1n) is 9.15. The number of hydrogen-bond donors (Lipinski definition) is 3. The Balaban J connectivity index is 1.53. The van der Waals surface area contributed by atoms with Crippen molar-refractivity contribution in [2.45, 2.75) is 32.4 Å². The highest BCUT2D eigenvalue weighted by Gasteiger charge is 2.59. The van der Waals surface area contributed by atoms with E-state index < -0.39 is 18.0 Å². The van der Waals surface area contributed by atoms with Crippen LogP contribution in [0.15, 0.2) is 35.0 Å². The minimum atomic E-state index is -1.11. The number of fused-ring (bicyclic) bond motifs is 2. The third-order valence-corrected chi connectivity index (χ3v) is 6.83. The molecular formula is C19H22N4O4S. The van der Waals surface area contributed by atoms with E-state index in [-0.39, 0.29) is 23.6 Å². The van der Waals surface area contributed by atoms with Crippen LogP contribution in [0.1, 0.15) is 19.5 Å². The van der Waals surface area contributed by atoms with Crippen LogP contribution in [-0.2, 0) is 16.0 Å². The molecule has 2 aliphatic rings. The topological polar surface area (TPSA) is 121 Å². The molecule has 4 N–H and O–H groups in total. The normalized spacial score (nSPS) is 25.2. The minimum Gasteiger partial charge on any atom is -0.477 e. The zero-order chi connectivity index (χ0) is 20.2. The van der Waals surface area contributed by atoms with Crippen molar-refractivity contribution in [1.29, 1.82) is 0 Å². The number of carbonyl (C=O) groups excluding carboxylic acids is 1. The summed E-state index contributed by atoms with van der Waals surface area (Å²) in [6, 6.07) is 5.36. The molecule has 2 aromatic rings. The molecule has 148 valence electrons. The van der Waals surface area contributed by atoms with Gasteiger partial charge in [-0.2, -0.15) is 0 Å². The van der Waals surface area contributed by atoms with Crippen LogP contribution < -0.4 is 5.73 Å². The maximum absolute atomic E-state index is 12.4. The molecule has 1 amide bonds. The molecule has 4 atom stereocenters. The van der Waals surface area contributed by atoms with Gasteiger partial charge in [0.15, 0.2) is 0 Å². The number of carboxylic acid groups (broad SMARTS) is 1. The predicted molar refractivity (Wildman–Crippen MR) is 105 cm³/mol. The number of rotatable bonds is 6. The third kappa shape index (κ3) is 2.68. The summed E-state index contributed by atoms with van der Waals surface area (Å²) in [5.74, 6) is -0.927. The summed E-state index contributed by atoms with van der Waals surface area (Å²) in [6.45, 7) is 3.49. The van der Waals surface area contributed by atoms with E-state index >= 15 is 0 Å². The van der Waals surface area contributed by atoms with Crippen molar-refractivity contribution in [2.75, 3.05) is 11.5 Å². The van der Waals surface area contributed by atoms with Gasteiger partial charge in [0.2, 0.25) is 5.91 Å². The number of aromatic nitrogens is 2. The molecule has 8 nitrogen and oxygen atoms in total. The number of pyridine rings is 1. The Morgan fingerprint density at radius 1 is 1.43 bits per heavy atom. The first-order chi connectivity index (χ1) is 13.3. The Morgan fingerprint density at radius 3 is 2.82 bits per heavy atom. The molecule has 28 heavy (non-hydrogen) atoms. The second kappa shape index (κ2) is 6.82.